The minimum Gasteiger partial charge on any atom is -0.481 e. The van der Waals surface area contributed by atoms with E-state index in [0.29, 0.717) is 0 Å². The largest absolute Gasteiger partial charge is 0.481 e. The molecular formula is C12H18N2O2S. The van der Waals surface area contributed by atoms with Crippen LogP contribution in [-0.4, -0.2) is 29.7 Å². The first kappa shape index (κ1) is 12.5. The zero-order chi connectivity index (χ0) is 12.3. The Kier molecular flexibility index (Phi) is 3.81. The van der Waals surface area contributed by atoms with Crippen LogP contribution in [0, 0.1) is 0 Å². The van der Waals surface area contributed by atoms with Crippen molar-refractivity contribution in [3.8, 4) is 0 Å². The average Bonchev–Trinajstić information content (AvgIpc) is 2.68. The number of hydrogen-bond donors (Lipinski definition) is 3. The molecule has 0 unspecified atom stereocenters. The zero-order valence-electron chi connectivity index (χ0n) is 9.95. The van der Waals surface area contributed by atoms with Crippen molar-refractivity contribution >= 4 is 17.3 Å². The fourth-order valence-corrected chi connectivity index (χ4v) is 3.05. The molecule has 0 amide bonds. The Balaban J connectivity index is 1.94. The van der Waals surface area contributed by atoms with Gasteiger partial charge >= 0.3 is 5.97 Å². The Morgan fingerprint density at radius 3 is 2.94 bits per heavy atom. The van der Waals surface area contributed by atoms with Gasteiger partial charge in [0.1, 0.15) is 0 Å². The van der Waals surface area contributed by atoms with E-state index in [1.807, 2.05) is 0 Å². The fraction of sp³-hybridized carbons (Fsp3) is 0.583. The second-order valence-corrected chi connectivity index (χ2v) is 5.53. The Labute approximate surface area is 105 Å². The number of aliphatic carboxylic acids is 1. The lowest BCUT2D eigenvalue weighted by Gasteiger charge is -2.42. The van der Waals surface area contributed by atoms with Crippen LogP contribution in [-0.2, 0) is 17.8 Å². The summed E-state index contributed by atoms with van der Waals surface area (Å²) < 4.78 is 0. The highest BCUT2D eigenvalue weighted by molar-refractivity contribution is 7.10. The lowest BCUT2D eigenvalue weighted by molar-refractivity contribution is -0.139. The summed E-state index contributed by atoms with van der Waals surface area (Å²) in [5.41, 5.74) is 1.11. The van der Waals surface area contributed by atoms with Gasteiger partial charge in [-0.1, -0.05) is 6.92 Å². The second kappa shape index (κ2) is 5.16. The topological polar surface area (TPSA) is 61.4 Å². The summed E-state index contributed by atoms with van der Waals surface area (Å²) in [6, 6.07) is 2.14. The lowest BCUT2D eigenvalue weighted by Crippen LogP contribution is -2.68. The van der Waals surface area contributed by atoms with Crippen LogP contribution in [0.5, 0.6) is 0 Å². The molecule has 0 aromatic carbocycles. The van der Waals surface area contributed by atoms with Gasteiger partial charge in [-0.2, -0.15) is 0 Å². The summed E-state index contributed by atoms with van der Waals surface area (Å²) in [4.78, 5) is 12.2. The fourth-order valence-electron chi connectivity index (χ4n) is 2.13. The SMILES string of the molecule is CCc1ccsc1CNC1(CC(=O)O)CNC1. The first-order chi connectivity index (χ1) is 8.15. The molecule has 0 saturated carbocycles. The second-order valence-electron chi connectivity index (χ2n) is 4.53. The van der Waals surface area contributed by atoms with Gasteiger partial charge in [0.2, 0.25) is 0 Å². The summed E-state index contributed by atoms with van der Waals surface area (Å²) in [6.07, 6.45) is 1.22. The van der Waals surface area contributed by atoms with Crippen LogP contribution in [0.15, 0.2) is 11.4 Å². The average molecular weight is 254 g/mol. The van der Waals surface area contributed by atoms with E-state index >= 15 is 0 Å². The highest BCUT2D eigenvalue weighted by Crippen LogP contribution is 2.21. The van der Waals surface area contributed by atoms with Gasteiger partial charge in [0.15, 0.2) is 0 Å². The van der Waals surface area contributed by atoms with Crippen molar-refractivity contribution in [2.24, 2.45) is 0 Å². The van der Waals surface area contributed by atoms with Crippen LogP contribution < -0.4 is 10.6 Å². The van der Waals surface area contributed by atoms with Gasteiger partial charge in [0.25, 0.3) is 0 Å². The van der Waals surface area contributed by atoms with Crippen molar-refractivity contribution in [3.63, 3.8) is 0 Å². The van der Waals surface area contributed by atoms with E-state index in [1.54, 1.807) is 11.3 Å². The van der Waals surface area contributed by atoms with Crippen molar-refractivity contribution in [2.75, 3.05) is 13.1 Å². The molecule has 1 aromatic rings. The molecule has 1 aliphatic heterocycles. The maximum Gasteiger partial charge on any atom is 0.305 e. The zero-order valence-corrected chi connectivity index (χ0v) is 10.8. The highest BCUT2D eigenvalue weighted by atomic mass is 32.1. The van der Waals surface area contributed by atoms with Crippen molar-refractivity contribution in [2.45, 2.75) is 31.8 Å². The third kappa shape index (κ3) is 2.86. The summed E-state index contributed by atoms with van der Waals surface area (Å²) >= 11 is 1.74. The maximum absolute atomic E-state index is 10.8. The number of carboxylic acids is 1. The Morgan fingerprint density at radius 1 is 1.65 bits per heavy atom. The Hall–Kier alpha value is -0.910. The van der Waals surface area contributed by atoms with Gasteiger partial charge < -0.3 is 15.7 Å². The smallest absolute Gasteiger partial charge is 0.305 e. The molecule has 17 heavy (non-hydrogen) atoms. The monoisotopic (exact) mass is 254 g/mol. The molecule has 0 atom stereocenters. The number of nitrogens with one attached hydrogen (secondary N) is 2. The van der Waals surface area contributed by atoms with Crippen LogP contribution >= 0.6 is 11.3 Å². The molecule has 0 aliphatic carbocycles. The molecule has 1 aliphatic rings. The van der Waals surface area contributed by atoms with E-state index in [1.165, 1.54) is 10.4 Å². The summed E-state index contributed by atoms with van der Waals surface area (Å²) in [5, 5.41) is 17.6. The molecule has 0 bridgehead atoms. The molecule has 1 saturated heterocycles. The number of carbonyl (C=O) groups is 1. The lowest BCUT2D eigenvalue weighted by atomic mass is 9.88. The Morgan fingerprint density at radius 2 is 2.41 bits per heavy atom. The van der Waals surface area contributed by atoms with E-state index in [9.17, 15) is 4.79 Å². The van der Waals surface area contributed by atoms with E-state index < -0.39 is 5.97 Å². The van der Waals surface area contributed by atoms with E-state index in [0.717, 1.165) is 26.1 Å². The van der Waals surface area contributed by atoms with Crippen LogP contribution in [0.4, 0.5) is 0 Å². The van der Waals surface area contributed by atoms with Gasteiger partial charge in [-0.15, -0.1) is 11.3 Å². The molecule has 1 fully saturated rings. The molecule has 1 aromatic heterocycles. The van der Waals surface area contributed by atoms with Crippen LogP contribution in [0.3, 0.4) is 0 Å². The van der Waals surface area contributed by atoms with Gasteiger partial charge in [-0.25, -0.2) is 0 Å². The van der Waals surface area contributed by atoms with Crippen LogP contribution in [0.25, 0.3) is 0 Å². The quantitative estimate of drug-likeness (QED) is 0.714. The number of carboxylic acid groups (broad SMARTS) is 1. The standard InChI is InChI=1S/C12H18N2O2S/c1-2-9-3-4-17-10(9)6-14-12(5-11(15)16)7-13-8-12/h3-4,13-14H,2,5-8H2,1H3,(H,15,16). The van der Waals surface area contributed by atoms with Gasteiger partial charge in [-0.05, 0) is 23.4 Å². The molecule has 4 nitrogen and oxygen atoms in total. The van der Waals surface area contributed by atoms with Crippen molar-refractivity contribution in [1.29, 1.82) is 0 Å². The van der Waals surface area contributed by atoms with Crippen LogP contribution in [0.2, 0.25) is 0 Å². The normalized spacial score (nSPS) is 17.7. The summed E-state index contributed by atoms with van der Waals surface area (Å²) in [5.74, 6) is -0.735. The molecule has 5 heteroatoms. The number of rotatable bonds is 6. The van der Waals surface area contributed by atoms with E-state index in [2.05, 4.69) is 29.0 Å². The van der Waals surface area contributed by atoms with Gasteiger partial charge in [-0.3, -0.25) is 4.79 Å². The first-order valence-corrected chi connectivity index (χ1v) is 6.76. The molecule has 2 heterocycles. The van der Waals surface area contributed by atoms with Gasteiger partial charge in [0, 0.05) is 24.5 Å². The molecular weight excluding hydrogens is 236 g/mol. The predicted molar refractivity (Wildman–Crippen MR) is 68.4 cm³/mol. The molecule has 0 spiro atoms. The molecule has 2 rings (SSSR count). The van der Waals surface area contributed by atoms with Crippen molar-refractivity contribution < 1.29 is 9.90 Å². The third-order valence-electron chi connectivity index (χ3n) is 3.26. The first-order valence-electron chi connectivity index (χ1n) is 5.88. The molecule has 94 valence electrons. The summed E-state index contributed by atoms with van der Waals surface area (Å²) in [6.45, 7) is 4.40. The number of hydrogen-bond acceptors (Lipinski definition) is 4. The van der Waals surface area contributed by atoms with Gasteiger partial charge in [0.05, 0.1) is 12.0 Å². The van der Waals surface area contributed by atoms with Crippen LogP contribution in [0.1, 0.15) is 23.8 Å². The minimum absolute atomic E-state index is 0.187. The number of thiophene rings is 1. The van der Waals surface area contributed by atoms with E-state index in [4.69, 9.17) is 5.11 Å². The highest BCUT2D eigenvalue weighted by Gasteiger charge is 2.38. The Bertz CT molecular complexity index is 399. The maximum atomic E-state index is 10.8. The summed E-state index contributed by atoms with van der Waals surface area (Å²) in [7, 11) is 0. The molecule has 0 radical (unpaired) electrons. The minimum atomic E-state index is -0.735. The van der Waals surface area contributed by atoms with E-state index in [-0.39, 0.29) is 12.0 Å². The predicted octanol–water partition coefficient (Wildman–Crippen LogP) is 1.22. The third-order valence-corrected chi connectivity index (χ3v) is 4.22. The van der Waals surface area contributed by atoms with Crippen molar-refractivity contribution in [1.82, 2.24) is 10.6 Å². The molecule has 3 N–H and O–H groups in total. The number of aryl methyl sites for hydroxylation is 1. The van der Waals surface area contributed by atoms with Crippen molar-refractivity contribution in [3.05, 3.63) is 21.9 Å².